The van der Waals surface area contributed by atoms with Crippen LogP contribution in [-0.4, -0.2) is 32.0 Å². The molecule has 0 bridgehead atoms. The van der Waals surface area contributed by atoms with Crippen molar-refractivity contribution in [1.29, 1.82) is 0 Å². The third-order valence-electron chi connectivity index (χ3n) is 2.59. The number of hydrogen-bond donors (Lipinski definition) is 1. The second-order valence-corrected chi connectivity index (χ2v) is 3.71. The summed E-state index contributed by atoms with van der Waals surface area (Å²) in [5.74, 6) is 0.806. The van der Waals surface area contributed by atoms with Crippen LogP contribution in [0.3, 0.4) is 0 Å². The van der Waals surface area contributed by atoms with Gasteiger partial charge in [-0.1, -0.05) is 0 Å². The van der Waals surface area contributed by atoms with Crippen LogP contribution in [-0.2, 0) is 4.79 Å². The van der Waals surface area contributed by atoms with Crippen molar-refractivity contribution in [3.05, 3.63) is 23.8 Å². The number of methoxy groups -OCH3 is 1. The maximum Gasteiger partial charge on any atom is 0.261 e. The Morgan fingerprint density at radius 2 is 2.24 bits per heavy atom. The molecule has 1 aliphatic rings. The van der Waals surface area contributed by atoms with Gasteiger partial charge in [-0.3, -0.25) is 9.59 Å². The van der Waals surface area contributed by atoms with Gasteiger partial charge in [-0.05, 0) is 18.2 Å². The highest BCUT2D eigenvalue weighted by Crippen LogP contribution is 2.29. The molecule has 1 amide bonds. The number of carbonyl (C=O) groups excluding carboxylic acids is 2. The van der Waals surface area contributed by atoms with Crippen LogP contribution in [0.2, 0.25) is 0 Å². The molecule has 0 spiro atoms. The molecule has 1 heterocycles. The van der Waals surface area contributed by atoms with E-state index >= 15 is 0 Å². The molecule has 0 aliphatic carbocycles. The number of amides is 1. The molecule has 1 aromatic carbocycles. The third-order valence-corrected chi connectivity index (χ3v) is 2.59. The number of carbonyl (C=O) groups is 2. The molecular formula is C12H13NO4. The van der Waals surface area contributed by atoms with Crippen LogP contribution in [0.15, 0.2) is 18.2 Å². The molecular weight excluding hydrogens is 222 g/mol. The van der Waals surface area contributed by atoms with Gasteiger partial charge in [0.2, 0.25) is 0 Å². The molecule has 1 aromatic rings. The first kappa shape index (κ1) is 11.4. The molecule has 5 heteroatoms. The molecule has 1 saturated heterocycles. The zero-order chi connectivity index (χ0) is 12.3. The normalized spacial score (nSPS) is 18.6. The lowest BCUT2D eigenvalue weighted by atomic mass is 10.2. The number of aldehydes is 1. The van der Waals surface area contributed by atoms with Crippen molar-refractivity contribution >= 4 is 12.2 Å². The van der Waals surface area contributed by atoms with Crippen LogP contribution in [0, 0.1) is 0 Å². The van der Waals surface area contributed by atoms with E-state index in [9.17, 15) is 9.59 Å². The maximum atomic E-state index is 11.4. The maximum absolute atomic E-state index is 11.4. The fourth-order valence-electron chi connectivity index (χ4n) is 1.69. The van der Waals surface area contributed by atoms with Gasteiger partial charge in [-0.25, -0.2) is 0 Å². The first-order valence-corrected chi connectivity index (χ1v) is 5.32. The standard InChI is InChI=1S/C12H13NO4/c1-16-11-6-8(7-14)2-3-9(11)17-10-4-5-13-12(10)15/h2-3,6-7,10H,4-5H2,1H3,(H,13,15). The van der Waals surface area contributed by atoms with E-state index in [0.29, 0.717) is 30.0 Å². The second-order valence-electron chi connectivity index (χ2n) is 3.71. The van der Waals surface area contributed by atoms with E-state index in [4.69, 9.17) is 9.47 Å². The van der Waals surface area contributed by atoms with Gasteiger partial charge in [0.1, 0.15) is 6.29 Å². The SMILES string of the molecule is COc1cc(C=O)ccc1OC1CCNC1=O. The summed E-state index contributed by atoms with van der Waals surface area (Å²) < 4.78 is 10.7. The Morgan fingerprint density at radius 1 is 1.41 bits per heavy atom. The van der Waals surface area contributed by atoms with Crippen molar-refractivity contribution in [2.75, 3.05) is 13.7 Å². The van der Waals surface area contributed by atoms with Gasteiger partial charge in [-0.2, -0.15) is 0 Å². The Hall–Kier alpha value is -2.04. The molecule has 0 radical (unpaired) electrons. The second kappa shape index (κ2) is 4.86. The molecule has 5 nitrogen and oxygen atoms in total. The lowest BCUT2D eigenvalue weighted by Crippen LogP contribution is -2.27. The van der Waals surface area contributed by atoms with E-state index in [0.717, 1.165) is 6.29 Å². The number of nitrogens with one attached hydrogen (secondary N) is 1. The van der Waals surface area contributed by atoms with E-state index in [1.54, 1.807) is 18.2 Å². The van der Waals surface area contributed by atoms with Gasteiger partial charge in [0.15, 0.2) is 17.6 Å². The van der Waals surface area contributed by atoms with Gasteiger partial charge >= 0.3 is 0 Å². The van der Waals surface area contributed by atoms with Crippen molar-refractivity contribution in [2.45, 2.75) is 12.5 Å². The van der Waals surface area contributed by atoms with Gasteiger partial charge in [-0.15, -0.1) is 0 Å². The molecule has 2 rings (SSSR count). The van der Waals surface area contributed by atoms with Crippen molar-refractivity contribution < 1.29 is 19.1 Å². The molecule has 1 fully saturated rings. The summed E-state index contributed by atoms with van der Waals surface area (Å²) in [4.78, 5) is 22.0. The van der Waals surface area contributed by atoms with Crippen LogP contribution in [0.4, 0.5) is 0 Å². The van der Waals surface area contributed by atoms with Crippen LogP contribution in [0.25, 0.3) is 0 Å². The van der Waals surface area contributed by atoms with E-state index < -0.39 is 6.10 Å². The van der Waals surface area contributed by atoms with Gasteiger partial charge in [0.25, 0.3) is 5.91 Å². The quantitative estimate of drug-likeness (QED) is 0.783. The smallest absolute Gasteiger partial charge is 0.261 e. The largest absolute Gasteiger partial charge is 0.493 e. The number of rotatable bonds is 4. The van der Waals surface area contributed by atoms with Gasteiger partial charge < -0.3 is 14.8 Å². The Bertz CT molecular complexity index is 444. The zero-order valence-electron chi connectivity index (χ0n) is 9.43. The van der Waals surface area contributed by atoms with Crippen LogP contribution in [0.5, 0.6) is 11.5 Å². The summed E-state index contributed by atoms with van der Waals surface area (Å²) >= 11 is 0. The average Bonchev–Trinajstić information content (AvgIpc) is 2.75. The number of benzene rings is 1. The highest BCUT2D eigenvalue weighted by atomic mass is 16.5. The Kier molecular flexibility index (Phi) is 3.27. The monoisotopic (exact) mass is 235 g/mol. The minimum Gasteiger partial charge on any atom is -0.493 e. The lowest BCUT2D eigenvalue weighted by molar-refractivity contribution is -0.124. The average molecular weight is 235 g/mol. The van der Waals surface area contributed by atoms with Crippen molar-refractivity contribution in [2.24, 2.45) is 0 Å². The van der Waals surface area contributed by atoms with Gasteiger partial charge in [0.05, 0.1) is 7.11 Å². The first-order valence-electron chi connectivity index (χ1n) is 5.32. The van der Waals surface area contributed by atoms with E-state index in [1.165, 1.54) is 7.11 Å². The van der Waals surface area contributed by atoms with Crippen LogP contribution < -0.4 is 14.8 Å². The molecule has 1 aliphatic heterocycles. The van der Waals surface area contributed by atoms with Crippen molar-refractivity contribution in [3.63, 3.8) is 0 Å². The Labute approximate surface area is 98.7 Å². The fourth-order valence-corrected chi connectivity index (χ4v) is 1.69. The molecule has 0 saturated carbocycles. The highest BCUT2D eigenvalue weighted by Gasteiger charge is 2.26. The van der Waals surface area contributed by atoms with Crippen LogP contribution >= 0.6 is 0 Å². The minimum absolute atomic E-state index is 0.119. The number of hydrogen-bond acceptors (Lipinski definition) is 4. The third kappa shape index (κ3) is 2.38. The summed E-state index contributed by atoms with van der Waals surface area (Å²) in [7, 11) is 1.49. The predicted octanol–water partition coefficient (Wildman–Crippen LogP) is 0.775. The summed E-state index contributed by atoms with van der Waals surface area (Å²) in [6.07, 6.45) is 0.886. The molecule has 0 aromatic heterocycles. The van der Waals surface area contributed by atoms with E-state index in [1.807, 2.05) is 0 Å². The van der Waals surface area contributed by atoms with Crippen molar-refractivity contribution in [3.8, 4) is 11.5 Å². The lowest BCUT2D eigenvalue weighted by Gasteiger charge is -2.14. The summed E-state index contributed by atoms with van der Waals surface area (Å²) in [5, 5.41) is 2.69. The zero-order valence-corrected chi connectivity index (χ0v) is 9.43. The van der Waals surface area contributed by atoms with Gasteiger partial charge in [0, 0.05) is 18.5 Å². The molecule has 17 heavy (non-hydrogen) atoms. The van der Waals surface area contributed by atoms with Crippen LogP contribution in [0.1, 0.15) is 16.8 Å². The Balaban J connectivity index is 2.19. The first-order chi connectivity index (χ1) is 8.24. The topological polar surface area (TPSA) is 64.6 Å². The number of ether oxygens (including phenoxy) is 2. The van der Waals surface area contributed by atoms with E-state index in [2.05, 4.69) is 5.32 Å². The fraction of sp³-hybridized carbons (Fsp3) is 0.333. The van der Waals surface area contributed by atoms with E-state index in [-0.39, 0.29) is 5.91 Å². The molecule has 90 valence electrons. The van der Waals surface area contributed by atoms with Crippen molar-refractivity contribution in [1.82, 2.24) is 5.32 Å². The Morgan fingerprint density at radius 3 is 2.82 bits per heavy atom. The molecule has 1 atom stereocenters. The minimum atomic E-state index is -0.481. The highest BCUT2D eigenvalue weighted by molar-refractivity contribution is 5.83. The summed E-state index contributed by atoms with van der Waals surface area (Å²) in [6.45, 7) is 0.623. The molecule has 1 N–H and O–H groups in total. The summed E-state index contributed by atoms with van der Waals surface area (Å²) in [5.41, 5.74) is 0.505. The molecule has 1 unspecified atom stereocenters. The predicted molar refractivity (Wildman–Crippen MR) is 60.4 cm³/mol. The summed E-state index contributed by atoms with van der Waals surface area (Å²) in [6, 6.07) is 4.83.